The van der Waals surface area contributed by atoms with Crippen LogP contribution in [-0.4, -0.2) is 62.7 Å². The minimum absolute atomic E-state index is 0.000535. The van der Waals surface area contributed by atoms with Gasteiger partial charge in [0.2, 0.25) is 11.7 Å². The molecule has 2 aliphatic heterocycles. The molecule has 2 N–H and O–H groups in total. The molecule has 8 nitrogen and oxygen atoms in total. The molecule has 2 aromatic carbocycles. The summed E-state index contributed by atoms with van der Waals surface area (Å²) in [6.07, 6.45) is 4.57. The van der Waals surface area contributed by atoms with Gasteiger partial charge in [0.15, 0.2) is 11.5 Å². The molecule has 9 heteroatoms. The number of hydrogen-bond donors (Lipinski definition) is 2. The molecule has 3 atom stereocenters. The highest BCUT2D eigenvalue weighted by Gasteiger charge is 2.39. The molecule has 2 bridgehead atoms. The highest BCUT2D eigenvalue weighted by molar-refractivity contribution is 5.96. The van der Waals surface area contributed by atoms with Gasteiger partial charge in [0, 0.05) is 29.4 Å². The van der Waals surface area contributed by atoms with Gasteiger partial charge < -0.3 is 24.8 Å². The maximum atomic E-state index is 13.4. The molecule has 0 radical (unpaired) electrons. The van der Waals surface area contributed by atoms with E-state index in [1.54, 1.807) is 24.3 Å². The van der Waals surface area contributed by atoms with E-state index in [4.69, 9.17) is 14.2 Å². The minimum Gasteiger partial charge on any atom is -0.493 e. The molecule has 2 saturated heterocycles. The van der Waals surface area contributed by atoms with Crippen molar-refractivity contribution in [2.75, 3.05) is 33.2 Å². The number of fused-ring (bicyclic) bond motifs is 2. The van der Waals surface area contributed by atoms with Gasteiger partial charge in [-0.3, -0.25) is 14.5 Å². The summed E-state index contributed by atoms with van der Waals surface area (Å²) in [4.78, 5) is 28.0. The number of nitrogens with one attached hydrogen (secondary N) is 2. The first kappa shape index (κ1) is 24.8. The molecule has 2 amide bonds. The predicted molar refractivity (Wildman–Crippen MR) is 130 cm³/mol. The molecule has 2 aromatic rings. The van der Waals surface area contributed by atoms with Crippen LogP contribution in [0.2, 0.25) is 0 Å². The highest BCUT2D eigenvalue weighted by atomic mass is 19.1. The van der Waals surface area contributed by atoms with Crippen LogP contribution in [0.3, 0.4) is 0 Å². The van der Waals surface area contributed by atoms with Crippen molar-refractivity contribution in [1.82, 2.24) is 10.2 Å². The average molecular weight is 486 g/mol. The fourth-order valence-corrected chi connectivity index (χ4v) is 5.27. The fourth-order valence-electron chi connectivity index (χ4n) is 5.27. The SMILES string of the molecule is COc1cc(C(=O)NC2C[C@H]3CCC[C@@H](C2)N3CC(=O)Nc2cccc(F)c2)cc(OC)c1OC. The first-order valence-corrected chi connectivity index (χ1v) is 11.8. The number of amides is 2. The standard InChI is InChI=1S/C26H32FN3O5/c1-33-22-10-16(11-23(34-2)25(22)35-3)26(32)29-19-13-20-8-5-9-21(14-19)30(20)15-24(31)28-18-7-4-6-17(27)12-18/h4,6-7,10-12,19-21H,5,8-9,13-15H2,1-3H3,(H,28,31)(H,29,32)/t19?,20-,21+. The van der Waals surface area contributed by atoms with E-state index < -0.39 is 0 Å². The van der Waals surface area contributed by atoms with Crippen molar-refractivity contribution < 1.29 is 28.2 Å². The van der Waals surface area contributed by atoms with Crippen molar-refractivity contribution in [1.29, 1.82) is 0 Å². The van der Waals surface area contributed by atoms with E-state index in [9.17, 15) is 14.0 Å². The van der Waals surface area contributed by atoms with Crippen LogP contribution >= 0.6 is 0 Å². The number of benzene rings is 2. The normalized spacial score (nSPS) is 21.7. The Bertz CT molecular complexity index is 1040. The smallest absolute Gasteiger partial charge is 0.251 e. The Kier molecular flexibility index (Phi) is 7.75. The van der Waals surface area contributed by atoms with E-state index in [1.807, 2.05) is 0 Å². The van der Waals surface area contributed by atoms with E-state index in [0.717, 1.165) is 32.1 Å². The molecule has 2 fully saturated rings. The average Bonchev–Trinajstić information content (AvgIpc) is 2.83. The van der Waals surface area contributed by atoms with Crippen molar-refractivity contribution in [2.45, 2.75) is 50.2 Å². The summed E-state index contributed by atoms with van der Waals surface area (Å²) in [5.74, 6) is 0.535. The van der Waals surface area contributed by atoms with Crippen molar-refractivity contribution in [3.05, 3.63) is 47.8 Å². The van der Waals surface area contributed by atoms with Crippen LogP contribution in [0, 0.1) is 5.82 Å². The van der Waals surface area contributed by atoms with E-state index >= 15 is 0 Å². The number of carbonyl (C=O) groups is 2. The summed E-state index contributed by atoms with van der Waals surface area (Å²) in [5, 5.41) is 5.95. The highest BCUT2D eigenvalue weighted by Crippen LogP contribution is 2.38. The molecule has 1 unspecified atom stereocenters. The van der Waals surface area contributed by atoms with Crippen molar-refractivity contribution >= 4 is 17.5 Å². The third kappa shape index (κ3) is 5.67. The Labute approximate surface area is 204 Å². The summed E-state index contributed by atoms with van der Waals surface area (Å²) in [5.41, 5.74) is 0.884. The number of hydrogen-bond acceptors (Lipinski definition) is 6. The minimum atomic E-state index is -0.386. The zero-order valence-corrected chi connectivity index (χ0v) is 20.3. The van der Waals surface area contributed by atoms with Gasteiger partial charge in [-0.2, -0.15) is 0 Å². The van der Waals surface area contributed by atoms with Gasteiger partial charge in [-0.05, 0) is 56.0 Å². The van der Waals surface area contributed by atoms with Gasteiger partial charge in [0.1, 0.15) is 5.82 Å². The van der Waals surface area contributed by atoms with Gasteiger partial charge in [-0.1, -0.05) is 12.5 Å². The van der Waals surface area contributed by atoms with Gasteiger partial charge >= 0.3 is 0 Å². The summed E-state index contributed by atoms with van der Waals surface area (Å²) in [6, 6.07) is 9.58. The molecule has 188 valence electrons. The fraction of sp³-hybridized carbons (Fsp3) is 0.462. The molecule has 2 aliphatic rings. The Morgan fingerprint density at radius 1 is 1.00 bits per heavy atom. The number of rotatable bonds is 8. The Hall–Kier alpha value is -3.33. The Balaban J connectivity index is 1.40. The van der Waals surface area contributed by atoms with Crippen molar-refractivity contribution in [2.24, 2.45) is 0 Å². The lowest BCUT2D eigenvalue weighted by atomic mass is 9.81. The Morgan fingerprint density at radius 3 is 2.23 bits per heavy atom. The molecular formula is C26H32FN3O5. The number of piperidine rings is 2. The number of halogens is 1. The second-order valence-electron chi connectivity index (χ2n) is 9.03. The van der Waals surface area contributed by atoms with Gasteiger partial charge in [-0.25, -0.2) is 4.39 Å². The van der Waals surface area contributed by atoms with Gasteiger partial charge in [-0.15, -0.1) is 0 Å². The lowest BCUT2D eigenvalue weighted by Gasteiger charge is -2.48. The summed E-state index contributed by atoms with van der Waals surface area (Å²) >= 11 is 0. The van der Waals surface area contributed by atoms with E-state index in [2.05, 4.69) is 15.5 Å². The number of carbonyl (C=O) groups excluding carboxylic acids is 2. The second kappa shape index (κ2) is 10.9. The van der Waals surface area contributed by atoms with Crippen LogP contribution in [-0.2, 0) is 4.79 Å². The maximum absolute atomic E-state index is 13.4. The summed E-state index contributed by atoms with van der Waals surface area (Å²) < 4.78 is 29.5. The molecule has 35 heavy (non-hydrogen) atoms. The van der Waals surface area contributed by atoms with E-state index in [1.165, 1.54) is 33.5 Å². The zero-order valence-electron chi connectivity index (χ0n) is 20.3. The zero-order chi connectivity index (χ0) is 24.9. The Morgan fingerprint density at radius 2 is 1.66 bits per heavy atom. The summed E-state index contributed by atoms with van der Waals surface area (Å²) in [6.45, 7) is 0.249. The van der Waals surface area contributed by atoms with E-state index in [-0.39, 0.29) is 42.3 Å². The number of ether oxygens (including phenoxy) is 3. The first-order chi connectivity index (χ1) is 16.9. The quantitative estimate of drug-likeness (QED) is 0.594. The molecule has 0 saturated carbocycles. The molecule has 2 heterocycles. The van der Waals surface area contributed by atoms with E-state index in [0.29, 0.717) is 28.5 Å². The molecule has 4 rings (SSSR count). The van der Waals surface area contributed by atoms with Crippen LogP contribution in [0.1, 0.15) is 42.5 Å². The monoisotopic (exact) mass is 485 g/mol. The third-order valence-electron chi connectivity index (χ3n) is 6.82. The first-order valence-electron chi connectivity index (χ1n) is 11.8. The topological polar surface area (TPSA) is 89.1 Å². The maximum Gasteiger partial charge on any atom is 0.251 e. The van der Waals surface area contributed by atoms with Crippen LogP contribution in [0.5, 0.6) is 17.2 Å². The van der Waals surface area contributed by atoms with Crippen LogP contribution in [0.25, 0.3) is 0 Å². The lowest BCUT2D eigenvalue weighted by Crippen LogP contribution is -2.58. The van der Waals surface area contributed by atoms with Crippen LogP contribution in [0.4, 0.5) is 10.1 Å². The van der Waals surface area contributed by atoms with Gasteiger partial charge in [0.25, 0.3) is 5.91 Å². The molecule has 0 aliphatic carbocycles. The number of nitrogens with zero attached hydrogens (tertiary/aromatic N) is 1. The van der Waals surface area contributed by atoms with Crippen LogP contribution < -0.4 is 24.8 Å². The van der Waals surface area contributed by atoms with Crippen LogP contribution in [0.15, 0.2) is 36.4 Å². The summed E-state index contributed by atoms with van der Waals surface area (Å²) in [7, 11) is 4.55. The van der Waals surface area contributed by atoms with Crippen molar-refractivity contribution in [3.63, 3.8) is 0 Å². The lowest BCUT2D eigenvalue weighted by molar-refractivity contribution is -0.120. The number of methoxy groups -OCH3 is 3. The molecular weight excluding hydrogens is 453 g/mol. The largest absolute Gasteiger partial charge is 0.493 e. The van der Waals surface area contributed by atoms with Gasteiger partial charge in [0.05, 0.1) is 27.9 Å². The third-order valence-corrected chi connectivity index (χ3v) is 6.82. The molecule has 0 spiro atoms. The molecule has 0 aromatic heterocycles. The predicted octanol–water partition coefficient (Wildman–Crippen LogP) is 3.61. The van der Waals surface area contributed by atoms with Crippen molar-refractivity contribution in [3.8, 4) is 17.2 Å². The second-order valence-corrected chi connectivity index (χ2v) is 9.03. The number of anilines is 1.